The second-order valence-corrected chi connectivity index (χ2v) is 7.21. The van der Waals surface area contributed by atoms with Crippen LogP contribution in [0.25, 0.3) is 11.0 Å². The largest absolute Gasteiger partial charge is 0.396 e. The highest BCUT2D eigenvalue weighted by Gasteiger charge is 2.27. The number of nitrogens with one attached hydrogen (secondary N) is 1. The molecule has 0 saturated carbocycles. The quantitative estimate of drug-likeness (QED) is 0.704. The van der Waals surface area contributed by atoms with Gasteiger partial charge in [0.05, 0.1) is 15.7 Å². The van der Waals surface area contributed by atoms with E-state index < -0.39 is 0 Å². The van der Waals surface area contributed by atoms with E-state index in [1.807, 2.05) is 0 Å². The van der Waals surface area contributed by atoms with E-state index in [4.69, 9.17) is 10.7 Å². The third-order valence-electron chi connectivity index (χ3n) is 4.39. The zero-order chi connectivity index (χ0) is 14.6. The highest BCUT2D eigenvalue weighted by molar-refractivity contribution is 9.13. The number of hydrogen-bond acceptors (Lipinski definition) is 4. The third kappa shape index (κ3) is 2.01. The standard InChI is InChI=1S/C14H17Br2N5/c15-9-8-2-1-5-21-13(8)12(11(17)10(9)16)19-14(21)20-6-3-18-4-7-20/h18H,1-7,17H2. The number of nitrogen functional groups attached to an aromatic ring is 1. The third-order valence-corrected chi connectivity index (χ3v) is 6.62. The number of aromatic nitrogens is 2. The Morgan fingerprint density at radius 1 is 1.10 bits per heavy atom. The second kappa shape index (κ2) is 5.14. The van der Waals surface area contributed by atoms with Crippen molar-refractivity contribution in [3.63, 3.8) is 0 Å². The molecule has 1 aromatic heterocycles. The first-order valence-electron chi connectivity index (χ1n) is 7.29. The lowest BCUT2D eigenvalue weighted by atomic mass is 10.0. The summed E-state index contributed by atoms with van der Waals surface area (Å²) in [5.41, 5.74) is 10.5. The summed E-state index contributed by atoms with van der Waals surface area (Å²) in [5.74, 6) is 1.07. The molecule has 7 heteroatoms. The van der Waals surface area contributed by atoms with Gasteiger partial charge >= 0.3 is 0 Å². The molecule has 1 fully saturated rings. The van der Waals surface area contributed by atoms with Gasteiger partial charge in [-0.15, -0.1) is 0 Å². The van der Waals surface area contributed by atoms with Gasteiger partial charge in [-0.1, -0.05) is 0 Å². The lowest BCUT2D eigenvalue weighted by molar-refractivity contribution is 0.556. The van der Waals surface area contributed by atoms with Gasteiger partial charge in [-0.05, 0) is 50.3 Å². The molecule has 0 radical (unpaired) electrons. The van der Waals surface area contributed by atoms with Gasteiger partial charge in [0.15, 0.2) is 0 Å². The number of rotatable bonds is 1. The Balaban J connectivity index is 1.98. The molecule has 2 aliphatic heterocycles. The Hall–Kier alpha value is -0.790. The topological polar surface area (TPSA) is 59.1 Å². The van der Waals surface area contributed by atoms with Crippen molar-refractivity contribution < 1.29 is 0 Å². The summed E-state index contributed by atoms with van der Waals surface area (Å²) in [6, 6.07) is 0. The molecule has 0 amide bonds. The van der Waals surface area contributed by atoms with Crippen LogP contribution < -0.4 is 16.0 Å². The van der Waals surface area contributed by atoms with Gasteiger partial charge in [0.25, 0.3) is 0 Å². The molecule has 5 nitrogen and oxygen atoms in total. The number of nitrogens with two attached hydrogens (primary N) is 1. The van der Waals surface area contributed by atoms with Crippen molar-refractivity contribution in [2.24, 2.45) is 0 Å². The summed E-state index contributed by atoms with van der Waals surface area (Å²) < 4.78 is 4.37. The zero-order valence-corrected chi connectivity index (χ0v) is 14.8. The van der Waals surface area contributed by atoms with Crippen LogP contribution in [-0.4, -0.2) is 35.7 Å². The highest BCUT2D eigenvalue weighted by atomic mass is 79.9. The lowest BCUT2D eigenvalue weighted by Crippen LogP contribution is -2.44. The van der Waals surface area contributed by atoms with Gasteiger partial charge in [0.1, 0.15) is 5.52 Å². The summed E-state index contributed by atoms with van der Waals surface area (Å²) in [4.78, 5) is 7.26. The summed E-state index contributed by atoms with van der Waals surface area (Å²) in [7, 11) is 0. The Labute approximate surface area is 140 Å². The number of imidazole rings is 1. The molecular formula is C14H17Br2N5. The van der Waals surface area contributed by atoms with E-state index in [-0.39, 0.29) is 0 Å². The van der Waals surface area contributed by atoms with Crippen LogP contribution in [0, 0.1) is 0 Å². The van der Waals surface area contributed by atoms with Crippen molar-refractivity contribution in [1.29, 1.82) is 0 Å². The normalized spacial score (nSPS) is 18.5. The van der Waals surface area contributed by atoms with Crippen LogP contribution in [0.3, 0.4) is 0 Å². The van der Waals surface area contributed by atoms with Gasteiger partial charge in [0.2, 0.25) is 5.95 Å². The van der Waals surface area contributed by atoms with Crippen molar-refractivity contribution in [2.75, 3.05) is 36.8 Å². The van der Waals surface area contributed by atoms with E-state index in [1.165, 1.54) is 11.1 Å². The maximum Gasteiger partial charge on any atom is 0.206 e. The molecule has 1 saturated heterocycles. The van der Waals surface area contributed by atoms with Gasteiger partial charge in [0, 0.05) is 37.2 Å². The van der Waals surface area contributed by atoms with Gasteiger partial charge < -0.3 is 20.5 Å². The Morgan fingerprint density at radius 3 is 2.62 bits per heavy atom. The number of halogens is 2. The Kier molecular flexibility index (Phi) is 3.39. The van der Waals surface area contributed by atoms with Gasteiger partial charge in [-0.25, -0.2) is 4.98 Å². The first-order valence-corrected chi connectivity index (χ1v) is 8.88. The summed E-state index contributed by atoms with van der Waals surface area (Å²) in [5, 5.41) is 3.39. The molecule has 2 aliphatic rings. The predicted octanol–water partition coefficient (Wildman–Crippen LogP) is 2.50. The van der Waals surface area contributed by atoms with E-state index in [1.54, 1.807) is 0 Å². The van der Waals surface area contributed by atoms with E-state index in [9.17, 15) is 0 Å². The molecule has 4 rings (SSSR count). The van der Waals surface area contributed by atoms with Crippen molar-refractivity contribution in [1.82, 2.24) is 14.9 Å². The molecule has 0 aliphatic carbocycles. The second-order valence-electron chi connectivity index (χ2n) is 5.62. The molecule has 3 heterocycles. The minimum absolute atomic E-state index is 0.734. The molecule has 112 valence electrons. The van der Waals surface area contributed by atoms with Crippen LogP contribution in [0.15, 0.2) is 8.95 Å². The SMILES string of the molecule is Nc1c(Br)c(Br)c2c3c1nc(N1CCNCC1)n3CCC2. The zero-order valence-electron chi connectivity index (χ0n) is 11.6. The van der Waals surface area contributed by atoms with Crippen LogP contribution in [0.4, 0.5) is 11.6 Å². The number of piperazine rings is 1. The molecular weight excluding hydrogens is 398 g/mol. The maximum absolute atomic E-state index is 6.29. The van der Waals surface area contributed by atoms with Crippen LogP contribution in [-0.2, 0) is 13.0 Å². The van der Waals surface area contributed by atoms with Gasteiger partial charge in [-0.3, -0.25) is 0 Å². The minimum Gasteiger partial charge on any atom is -0.396 e. The highest BCUT2D eigenvalue weighted by Crippen LogP contribution is 2.43. The summed E-state index contributed by atoms with van der Waals surface area (Å²) in [6.07, 6.45) is 2.22. The molecule has 0 atom stereocenters. The van der Waals surface area contributed by atoms with E-state index in [2.05, 4.69) is 46.6 Å². The smallest absolute Gasteiger partial charge is 0.206 e. The van der Waals surface area contributed by atoms with Crippen LogP contribution in [0.1, 0.15) is 12.0 Å². The fourth-order valence-corrected chi connectivity index (χ4v) is 4.38. The lowest BCUT2D eigenvalue weighted by Gasteiger charge is -2.29. The molecule has 0 spiro atoms. The fraction of sp³-hybridized carbons (Fsp3) is 0.500. The summed E-state index contributed by atoms with van der Waals surface area (Å²) >= 11 is 7.30. The molecule has 21 heavy (non-hydrogen) atoms. The van der Waals surface area contributed by atoms with Crippen molar-refractivity contribution in [3.05, 3.63) is 14.5 Å². The van der Waals surface area contributed by atoms with E-state index >= 15 is 0 Å². The van der Waals surface area contributed by atoms with Crippen LogP contribution >= 0.6 is 31.9 Å². The summed E-state index contributed by atoms with van der Waals surface area (Å²) in [6.45, 7) is 5.05. The average molecular weight is 415 g/mol. The minimum atomic E-state index is 0.734. The predicted molar refractivity (Wildman–Crippen MR) is 92.9 cm³/mol. The molecule has 1 aromatic carbocycles. The van der Waals surface area contributed by atoms with Crippen LogP contribution in [0.2, 0.25) is 0 Å². The van der Waals surface area contributed by atoms with Crippen LogP contribution in [0.5, 0.6) is 0 Å². The average Bonchev–Trinajstić information content (AvgIpc) is 2.92. The van der Waals surface area contributed by atoms with E-state index in [0.717, 1.165) is 71.7 Å². The Bertz CT molecular complexity index is 718. The number of nitrogens with zero attached hydrogens (tertiary/aromatic N) is 3. The maximum atomic E-state index is 6.29. The molecule has 0 bridgehead atoms. The monoisotopic (exact) mass is 413 g/mol. The fourth-order valence-electron chi connectivity index (χ4n) is 3.35. The van der Waals surface area contributed by atoms with Crippen molar-refractivity contribution >= 4 is 54.5 Å². The number of aryl methyl sites for hydroxylation is 2. The first kappa shape index (κ1) is 13.8. The van der Waals surface area contributed by atoms with E-state index in [0.29, 0.717) is 0 Å². The van der Waals surface area contributed by atoms with Crippen molar-refractivity contribution in [2.45, 2.75) is 19.4 Å². The number of hydrogen-bond donors (Lipinski definition) is 2. The Morgan fingerprint density at radius 2 is 1.86 bits per heavy atom. The molecule has 2 aromatic rings. The number of anilines is 2. The van der Waals surface area contributed by atoms with Gasteiger partial charge in [-0.2, -0.15) is 0 Å². The molecule has 3 N–H and O–H groups in total. The molecule has 0 unspecified atom stereocenters. The number of benzene rings is 1. The first-order chi connectivity index (χ1) is 10.2. The van der Waals surface area contributed by atoms with Crippen molar-refractivity contribution in [3.8, 4) is 0 Å².